The zero-order valence-electron chi connectivity index (χ0n) is 12.9. The summed E-state index contributed by atoms with van der Waals surface area (Å²) in [6.45, 7) is 5.19. The molecule has 0 saturated heterocycles. The molecule has 0 aromatic heterocycles. The van der Waals surface area contributed by atoms with Crippen molar-refractivity contribution in [2.45, 2.75) is 52.1 Å². The molecule has 0 bridgehead atoms. The molecule has 3 heteroatoms. The van der Waals surface area contributed by atoms with Crippen LogP contribution in [0.5, 0.6) is 0 Å². The summed E-state index contributed by atoms with van der Waals surface area (Å²) in [5.41, 5.74) is 0. The van der Waals surface area contributed by atoms with Gasteiger partial charge in [0.05, 0.1) is 6.42 Å². The van der Waals surface area contributed by atoms with Gasteiger partial charge in [0.25, 0.3) is 0 Å². The minimum Gasteiger partial charge on any atom is -0.462 e. The van der Waals surface area contributed by atoms with Gasteiger partial charge in [0.2, 0.25) is 0 Å². The van der Waals surface area contributed by atoms with Crippen molar-refractivity contribution in [3.8, 4) is 0 Å². The maximum Gasteiger partial charge on any atom is 0.307 e. The molecule has 1 fully saturated rings. The summed E-state index contributed by atoms with van der Waals surface area (Å²) >= 11 is 0. The van der Waals surface area contributed by atoms with Gasteiger partial charge in [-0.3, -0.25) is 4.79 Å². The van der Waals surface area contributed by atoms with Crippen molar-refractivity contribution in [1.82, 2.24) is 4.90 Å². The highest BCUT2D eigenvalue weighted by molar-refractivity contribution is 5.69. The Morgan fingerprint density at radius 1 is 1.32 bits per heavy atom. The van der Waals surface area contributed by atoms with Crippen LogP contribution in [0.2, 0.25) is 0 Å². The highest BCUT2D eigenvalue weighted by atomic mass is 16.5. The first-order valence-electron chi connectivity index (χ1n) is 7.53. The van der Waals surface area contributed by atoms with E-state index in [9.17, 15) is 4.79 Å². The molecule has 0 amide bonds. The van der Waals surface area contributed by atoms with Crippen LogP contribution in [0, 0.1) is 11.8 Å². The third-order valence-electron chi connectivity index (χ3n) is 3.97. The molecule has 0 radical (unpaired) electrons. The van der Waals surface area contributed by atoms with Crippen molar-refractivity contribution < 1.29 is 9.53 Å². The molecule has 1 aliphatic carbocycles. The zero-order chi connectivity index (χ0) is 14.3. The molecule has 0 aromatic carbocycles. The molecule has 19 heavy (non-hydrogen) atoms. The monoisotopic (exact) mass is 267 g/mol. The third kappa shape index (κ3) is 5.77. The SMILES string of the molecule is CC/C=C\CC1C(C)CCC1OC(=O)CCN(C)C. The number of nitrogens with zero attached hydrogens (tertiary/aromatic N) is 1. The maximum absolute atomic E-state index is 11.8. The van der Waals surface area contributed by atoms with Gasteiger partial charge in [0, 0.05) is 12.5 Å². The number of hydrogen-bond donors (Lipinski definition) is 0. The van der Waals surface area contributed by atoms with Crippen molar-refractivity contribution >= 4 is 5.97 Å². The number of allylic oxidation sites excluding steroid dienone is 2. The van der Waals surface area contributed by atoms with Crippen LogP contribution in [0.1, 0.15) is 46.0 Å². The lowest BCUT2D eigenvalue weighted by molar-refractivity contribution is -0.151. The first-order valence-corrected chi connectivity index (χ1v) is 7.53. The molecule has 3 nitrogen and oxygen atoms in total. The van der Waals surface area contributed by atoms with E-state index in [1.807, 2.05) is 19.0 Å². The van der Waals surface area contributed by atoms with E-state index in [4.69, 9.17) is 4.74 Å². The Morgan fingerprint density at radius 2 is 2.05 bits per heavy atom. The van der Waals surface area contributed by atoms with Gasteiger partial charge in [-0.25, -0.2) is 0 Å². The third-order valence-corrected chi connectivity index (χ3v) is 3.97. The molecular weight excluding hydrogens is 238 g/mol. The summed E-state index contributed by atoms with van der Waals surface area (Å²) in [6.07, 6.45) is 9.40. The van der Waals surface area contributed by atoms with Crippen molar-refractivity contribution in [1.29, 1.82) is 0 Å². The van der Waals surface area contributed by atoms with E-state index in [2.05, 4.69) is 26.0 Å². The van der Waals surface area contributed by atoms with Crippen molar-refractivity contribution in [2.24, 2.45) is 11.8 Å². The Morgan fingerprint density at radius 3 is 2.68 bits per heavy atom. The maximum atomic E-state index is 11.8. The summed E-state index contributed by atoms with van der Waals surface area (Å²) in [6, 6.07) is 0. The molecule has 1 aliphatic rings. The predicted octanol–water partition coefficient (Wildman–Crippen LogP) is 3.25. The lowest BCUT2D eigenvalue weighted by atomic mass is 9.93. The van der Waals surface area contributed by atoms with E-state index >= 15 is 0 Å². The molecule has 1 rings (SSSR count). The first-order chi connectivity index (χ1) is 9.04. The van der Waals surface area contributed by atoms with E-state index in [-0.39, 0.29) is 12.1 Å². The van der Waals surface area contributed by atoms with Crippen LogP contribution in [-0.2, 0) is 9.53 Å². The molecular formula is C16H29NO2. The van der Waals surface area contributed by atoms with Crippen LogP contribution in [0.3, 0.4) is 0 Å². The van der Waals surface area contributed by atoms with Gasteiger partial charge in [0.1, 0.15) is 6.10 Å². The van der Waals surface area contributed by atoms with Gasteiger partial charge in [0.15, 0.2) is 0 Å². The first kappa shape index (κ1) is 16.2. The molecule has 0 spiro atoms. The minimum absolute atomic E-state index is 0.0442. The van der Waals surface area contributed by atoms with E-state index in [0.717, 1.165) is 25.8 Å². The Kier molecular flexibility index (Phi) is 7.14. The molecule has 3 atom stereocenters. The largest absolute Gasteiger partial charge is 0.462 e. The van der Waals surface area contributed by atoms with Crippen molar-refractivity contribution in [2.75, 3.05) is 20.6 Å². The standard InChI is InChI=1S/C16H29NO2/c1-5-6-7-8-14-13(2)9-10-15(14)19-16(18)11-12-17(3)4/h6-7,13-15H,5,8-12H2,1-4H3/b7-6-. The Balaban J connectivity index is 2.42. The normalized spacial score (nSPS) is 27.3. The summed E-state index contributed by atoms with van der Waals surface area (Å²) in [4.78, 5) is 13.8. The van der Waals surface area contributed by atoms with Crippen LogP contribution in [0.15, 0.2) is 12.2 Å². The molecule has 0 N–H and O–H groups in total. The fourth-order valence-electron chi connectivity index (χ4n) is 2.71. The Bertz CT molecular complexity index is 299. The van der Waals surface area contributed by atoms with Gasteiger partial charge in [-0.2, -0.15) is 0 Å². The molecule has 110 valence electrons. The number of carbonyl (C=O) groups excluding carboxylic acids is 1. The smallest absolute Gasteiger partial charge is 0.307 e. The summed E-state index contributed by atoms with van der Waals surface area (Å²) < 4.78 is 5.68. The van der Waals surface area contributed by atoms with Gasteiger partial charge >= 0.3 is 5.97 Å². The number of rotatable bonds is 7. The molecule has 1 saturated carbocycles. The average molecular weight is 267 g/mol. The quantitative estimate of drug-likeness (QED) is 0.524. The molecule has 3 unspecified atom stereocenters. The lowest BCUT2D eigenvalue weighted by Crippen LogP contribution is -2.26. The van der Waals surface area contributed by atoms with Gasteiger partial charge in [-0.15, -0.1) is 0 Å². The number of esters is 1. The fourth-order valence-corrected chi connectivity index (χ4v) is 2.71. The van der Waals surface area contributed by atoms with Crippen LogP contribution < -0.4 is 0 Å². The molecule has 0 aliphatic heterocycles. The predicted molar refractivity (Wildman–Crippen MR) is 79.0 cm³/mol. The Hall–Kier alpha value is -0.830. The Labute approximate surface area is 118 Å². The van der Waals surface area contributed by atoms with Crippen LogP contribution in [0.4, 0.5) is 0 Å². The zero-order valence-corrected chi connectivity index (χ0v) is 12.9. The van der Waals surface area contributed by atoms with Crippen LogP contribution >= 0.6 is 0 Å². The summed E-state index contributed by atoms with van der Waals surface area (Å²) in [5.74, 6) is 1.12. The summed E-state index contributed by atoms with van der Waals surface area (Å²) in [5, 5.41) is 0. The highest BCUT2D eigenvalue weighted by Crippen LogP contribution is 2.36. The topological polar surface area (TPSA) is 29.5 Å². The van der Waals surface area contributed by atoms with Gasteiger partial charge in [-0.1, -0.05) is 26.0 Å². The summed E-state index contributed by atoms with van der Waals surface area (Å²) in [7, 11) is 3.95. The minimum atomic E-state index is -0.0442. The van der Waals surface area contributed by atoms with E-state index in [1.54, 1.807) is 0 Å². The fraction of sp³-hybridized carbons (Fsp3) is 0.812. The van der Waals surface area contributed by atoms with Gasteiger partial charge < -0.3 is 9.64 Å². The molecule has 0 aromatic rings. The number of carbonyl (C=O) groups is 1. The van der Waals surface area contributed by atoms with Gasteiger partial charge in [-0.05, 0) is 45.7 Å². The second kappa shape index (κ2) is 8.36. The number of hydrogen-bond acceptors (Lipinski definition) is 3. The second-order valence-corrected chi connectivity index (χ2v) is 5.92. The van der Waals surface area contributed by atoms with Crippen LogP contribution in [-0.4, -0.2) is 37.6 Å². The second-order valence-electron chi connectivity index (χ2n) is 5.92. The number of ether oxygens (including phenoxy) is 1. The van der Waals surface area contributed by atoms with E-state index < -0.39 is 0 Å². The van der Waals surface area contributed by atoms with E-state index in [1.165, 1.54) is 6.42 Å². The van der Waals surface area contributed by atoms with E-state index in [0.29, 0.717) is 18.3 Å². The lowest BCUT2D eigenvalue weighted by Gasteiger charge is -2.22. The van der Waals surface area contributed by atoms with Crippen LogP contribution in [0.25, 0.3) is 0 Å². The van der Waals surface area contributed by atoms with Crippen molar-refractivity contribution in [3.63, 3.8) is 0 Å². The van der Waals surface area contributed by atoms with Crippen molar-refractivity contribution in [3.05, 3.63) is 12.2 Å². The average Bonchev–Trinajstić information content (AvgIpc) is 2.69. The molecule has 0 heterocycles. The highest BCUT2D eigenvalue weighted by Gasteiger charge is 2.34.